The third-order valence-corrected chi connectivity index (χ3v) is 2.62. The number of amides is 1. The van der Waals surface area contributed by atoms with Crippen LogP contribution in [0.5, 0.6) is 0 Å². The third kappa shape index (κ3) is 3.17. The van der Waals surface area contributed by atoms with Gasteiger partial charge in [0.25, 0.3) is 0 Å². The second-order valence-electron chi connectivity index (χ2n) is 3.90. The molecule has 0 spiro atoms. The molecule has 6 nitrogen and oxygen atoms in total. The second-order valence-corrected chi connectivity index (χ2v) is 4.31. The number of hydrogen-bond donors (Lipinski definition) is 1. The Hall–Kier alpha value is -2.21. The van der Waals surface area contributed by atoms with Gasteiger partial charge in [-0.15, -0.1) is 0 Å². The van der Waals surface area contributed by atoms with Crippen molar-refractivity contribution < 1.29 is 9.59 Å². The van der Waals surface area contributed by atoms with Crippen molar-refractivity contribution in [1.29, 1.82) is 0 Å². The number of hydrogen-bond acceptors (Lipinski definition) is 4. The highest BCUT2D eigenvalue weighted by Gasteiger charge is 2.13. The molecule has 7 heteroatoms. The monoisotopic (exact) mass is 278 g/mol. The highest BCUT2D eigenvalue weighted by molar-refractivity contribution is 6.33. The zero-order valence-electron chi connectivity index (χ0n) is 10.1. The Bertz CT molecular complexity index is 610. The molecule has 1 aromatic carbocycles. The summed E-state index contributed by atoms with van der Waals surface area (Å²) in [5.41, 5.74) is 0.989. The lowest BCUT2D eigenvalue weighted by Crippen LogP contribution is -2.16. The van der Waals surface area contributed by atoms with Crippen LogP contribution in [0.15, 0.2) is 30.9 Å². The average molecular weight is 279 g/mol. The molecule has 0 radical (unpaired) electrons. The summed E-state index contributed by atoms with van der Waals surface area (Å²) < 4.78 is 1.45. The number of carbonyl (C=O) groups is 2. The minimum atomic E-state index is -0.392. The number of benzene rings is 1. The average Bonchev–Trinajstić information content (AvgIpc) is 2.81. The molecule has 0 fully saturated rings. The molecule has 1 amide bonds. The summed E-state index contributed by atoms with van der Waals surface area (Å²) in [6.45, 7) is 1.36. The van der Waals surface area contributed by atoms with Crippen LogP contribution in [0.4, 0.5) is 5.69 Å². The largest absolute Gasteiger partial charge is 0.324 e. The van der Waals surface area contributed by atoms with Crippen LogP contribution in [0, 0.1) is 0 Å². The first-order valence-corrected chi connectivity index (χ1v) is 5.88. The molecule has 0 aliphatic rings. The molecule has 1 aromatic heterocycles. The number of carbonyl (C=O) groups excluding carboxylic acids is 2. The molecule has 2 rings (SSSR count). The van der Waals surface area contributed by atoms with Crippen LogP contribution in [-0.4, -0.2) is 26.5 Å². The molecule has 0 atom stereocenters. The smallest absolute Gasteiger partial charge is 0.231 e. The van der Waals surface area contributed by atoms with Crippen LogP contribution in [0.25, 0.3) is 5.69 Å². The van der Waals surface area contributed by atoms with Gasteiger partial charge in [-0.3, -0.25) is 9.59 Å². The van der Waals surface area contributed by atoms with Gasteiger partial charge in [0, 0.05) is 0 Å². The lowest BCUT2D eigenvalue weighted by Gasteiger charge is -2.11. The molecule has 0 saturated heterocycles. The Kier molecular flexibility index (Phi) is 3.91. The number of para-hydroxylation sites is 1. The van der Waals surface area contributed by atoms with Gasteiger partial charge in [0.15, 0.2) is 0 Å². The van der Waals surface area contributed by atoms with Gasteiger partial charge >= 0.3 is 0 Å². The summed E-state index contributed by atoms with van der Waals surface area (Å²) in [7, 11) is 0. The van der Waals surface area contributed by atoms with Gasteiger partial charge in [-0.1, -0.05) is 17.7 Å². The molecule has 0 saturated carbocycles. The minimum absolute atomic E-state index is 0.177. The van der Waals surface area contributed by atoms with E-state index in [4.69, 9.17) is 11.6 Å². The number of anilines is 1. The van der Waals surface area contributed by atoms with E-state index >= 15 is 0 Å². The van der Waals surface area contributed by atoms with Gasteiger partial charge in [0.1, 0.15) is 24.1 Å². The predicted octanol–water partition coefficient (Wildman–Crippen LogP) is 1.84. The molecule has 0 unspecified atom stereocenters. The lowest BCUT2D eigenvalue weighted by molar-refractivity contribution is -0.124. The Balaban J connectivity index is 2.33. The van der Waals surface area contributed by atoms with E-state index in [-0.39, 0.29) is 12.2 Å². The molecule has 0 aliphatic heterocycles. The van der Waals surface area contributed by atoms with E-state index < -0.39 is 5.91 Å². The van der Waals surface area contributed by atoms with Crippen LogP contribution < -0.4 is 5.32 Å². The zero-order valence-corrected chi connectivity index (χ0v) is 10.9. The fourth-order valence-corrected chi connectivity index (χ4v) is 1.85. The van der Waals surface area contributed by atoms with Gasteiger partial charge in [-0.2, -0.15) is 5.10 Å². The first-order chi connectivity index (χ1) is 9.08. The second kappa shape index (κ2) is 5.62. The van der Waals surface area contributed by atoms with E-state index in [0.717, 1.165) is 0 Å². The quantitative estimate of drug-likeness (QED) is 0.866. The number of nitrogens with zero attached hydrogens (tertiary/aromatic N) is 3. The first-order valence-electron chi connectivity index (χ1n) is 5.50. The van der Waals surface area contributed by atoms with Crippen LogP contribution >= 0.6 is 11.6 Å². The molecule has 0 aliphatic carbocycles. The topological polar surface area (TPSA) is 76.9 Å². The van der Waals surface area contributed by atoms with Crippen LogP contribution in [0.2, 0.25) is 5.02 Å². The third-order valence-electron chi connectivity index (χ3n) is 2.32. The fraction of sp³-hybridized carbons (Fsp3) is 0.167. The van der Waals surface area contributed by atoms with Crippen molar-refractivity contribution in [1.82, 2.24) is 14.8 Å². The summed E-state index contributed by atoms with van der Waals surface area (Å²) in [6.07, 6.45) is 2.66. The van der Waals surface area contributed by atoms with Crippen molar-refractivity contribution in [3.05, 3.63) is 35.9 Å². The molecular weight excluding hydrogens is 268 g/mol. The van der Waals surface area contributed by atoms with Crippen molar-refractivity contribution in [3.8, 4) is 5.69 Å². The minimum Gasteiger partial charge on any atom is -0.324 e. The first kappa shape index (κ1) is 13.2. The maximum atomic E-state index is 11.6. The van der Waals surface area contributed by atoms with Gasteiger partial charge < -0.3 is 5.32 Å². The number of halogens is 1. The van der Waals surface area contributed by atoms with Gasteiger partial charge in [0.05, 0.1) is 17.1 Å². The molecule has 2 aromatic rings. The number of rotatable bonds is 4. The summed E-state index contributed by atoms with van der Waals surface area (Å²) in [5, 5.41) is 7.04. The summed E-state index contributed by atoms with van der Waals surface area (Å²) in [6, 6.07) is 5.06. The standard InChI is InChI=1S/C12H11ClN4O2/c1-8(18)5-11(19)16-10-4-2-3-9(13)12(10)17-7-14-6-15-17/h2-4,6-7H,5H2,1H3,(H,16,19). The molecule has 1 heterocycles. The Morgan fingerprint density at radius 1 is 1.42 bits per heavy atom. The van der Waals surface area contributed by atoms with E-state index in [1.54, 1.807) is 18.2 Å². The fourth-order valence-electron chi connectivity index (χ4n) is 1.59. The van der Waals surface area contributed by atoms with Crippen molar-refractivity contribution in [2.75, 3.05) is 5.32 Å². The van der Waals surface area contributed by atoms with Crippen molar-refractivity contribution in [3.63, 3.8) is 0 Å². The maximum absolute atomic E-state index is 11.6. The highest BCUT2D eigenvalue weighted by atomic mass is 35.5. The maximum Gasteiger partial charge on any atom is 0.231 e. The number of aromatic nitrogens is 3. The number of nitrogens with one attached hydrogen (secondary N) is 1. The van der Waals surface area contributed by atoms with Crippen LogP contribution in [0.3, 0.4) is 0 Å². The van der Waals surface area contributed by atoms with Gasteiger partial charge in [-0.05, 0) is 19.1 Å². The van der Waals surface area contributed by atoms with Gasteiger partial charge in [-0.25, -0.2) is 9.67 Å². The normalized spacial score (nSPS) is 10.2. The van der Waals surface area contributed by atoms with Gasteiger partial charge in [0.2, 0.25) is 5.91 Å². The molecular formula is C12H11ClN4O2. The number of ketones is 1. The zero-order chi connectivity index (χ0) is 13.8. The lowest BCUT2D eigenvalue weighted by atomic mass is 10.2. The molecule has 1 N–H and O–H groups in total. The van der Waals surface area contributed by atoms with E-state index in [9.17, 15) is 9.59 Å². The van der Waals surface area contributed by atoms with E-state index in [1.807, 2.05) is 0 Å². The highest BCUT2D eigenvalue weighted by Crippen LogP contribution is 2.27. The van der Waals surface area contributed by atoms with E-state index in [0.29, 0.717) is 16.4 Å². The predicted molar refractivity (Wildman–Crippen MR) is 70.3 cm³/mol. The Labute approximate surface area is 114 Å². The van der Waals surface area contributed by atoms with Crippen molar-refractivity contribution >= 4 is 29.0 Å². The van der Waals surface area contributed by atoms with Crippen molar-refractivity contribution in [2.45, 2.75) is 13.3 Å². The van der Waals surface area contributed by atoms with Crippen molar-refractivity contribution in [2.24, 2.45) is 0 Å². The molecule has 0 bridgehead atoms. The SMILES string of the molecule is CC(=O)CC(=O)Nc1cccc(Cl)c1-n1cncn1. The molecule has 98 valence electrons. The van der Waals surface area contributed by atoms with Crippen LogP contribution in [0.1, 0.15) is 13.3 Å². The summed E-state index contributed by atoms with van der Waals surface area (Å²) in [5.74, 6) is -0.599. The molecule has 19 heavy (non-hydrogen) atoms. The number of Topliss-reactive ketones (excluding diaryl/α,β-unsaturated/α-hetero) is 1. The van der Waals surface area contributed by atoms with Crippen LogP contribution in [-0.2, 0) is 9.59 Å². The Morgan fingerprint density at radius 2 is 2.21 bits per heavy atom. The van der Waals surface area contributed by atoms with E-state index in [2.05, 4.69) is 15.4 Å². The van der Waals surface area contributed by atoms with E-state index in [1.165, 1.54) is 24.3 Å². The Morgan fingerprint density at radius 3 is 2.84 bits per heavy atom. The summed E-state index contributed by atoms with van der Waals surface area (Å²) in [4.78, 5) is 26.4. The summed E-state index contributed by atoms with van der Waals surface area (Å²) >= 11 is 6.10.